The molecule has 3 aliphatic rings. The highest BCUT2D eigenvalue weighted by atomic mass is 16.5. The van der Waals surface area contributed by atoms with Gasteiger partial charge >= 0.3 is 0 Å². The maximum atomic E-state index is 13.6. The summed E-state index contributed by atoms with van der Waals surface area (Å²) in [6.45, 7) is 0.367. The highest BCUT2D eigenvalue weighted by Gasteiger charge is 2.51. The zero-order chi connectivity index (χ0) is 21.1. The molecule has 6 nitrogen and oxygen atoms in total. The zero-order valence-electron chi connectivity index (χ0n) is 18.0. The maximum absolute atomic E-state index is 13.6. The van der Waals surface area contributed by atoms with E-state index in [-0.39, 0.29) is 17.9 Å². The third-order valence-electron chi connectivity index (χ3n) is 6.98. The standard InChI is InChI=1S/C24H32N2O4/c1-29-19-10-11-20(30-2)17(15-19)16-25-23(28)24-13-6-5-9-21(24)26(22(27)12-14-24)18-7-3-4-8-18/h9-11,15,18H,3-8,12-14,16H2,1-2H3,(H,25,28). The number of benzene rings is 1. The van der Waals surface area contributed by atoms with Crippen LogP contribution in [-0.2, 0) is 16.1 Å². The third-order valence-corrected chi connectivity index (χ3v) is 6.98. The van der Waals surface area contributed by atoms with Gasteiger partial charge in [-0.1, -0.05) is 18.9 Å². The van der Waals surface area contributed by atoms with Crippen molar-refractivity contribution in [2.45, 2.75) is 70.4 Å². The van der Waals surface area contributed by atoms with E-state index in [4.69, 9.17) is 9.47 Å². The predicted molar refractivity (Wildman–Crippen MR) is 114 cm³/mol. The Kier molecular flexibility index (Phi) is 6.02. The average Bonchev–Trinajstić information content (AvgIpc) is 3.31. The second-order valence-corrected chi connectivity index (χ2v) is 8.63. The van der Waals surface area contributed by atoms with Gasteiger partial charge in [0.1, 0.15) is 11.5 Å². The number of ether oxygens (including phenoxy) is 2. The number of nitrogens with zero attached hydrogens (tertiary/aromatic N) is 1. The molecular formula is C24H32N2O4. The molecule has 1 saturated carbocycles. The van der Waals surface area contributed by atoms with E-state index in [9.17, 15) is 9.59 Å². The summed E-state index contributed by atoms with van der Waals surface area (Å²) in [5.74, 6) is 1.66. The lowest BCUT2D eigenvalue weighted by Crippen LogP contribution is -2.55. The Labute approximate surface area is 178 Å². The van der Waals surface area contributed by atoms with Crippen molar-refractivity contribution in [3.05, 3.63) is 35.5 Å². The van der Waals surface area contributed by atoms with Crippen LogP contribution in [0, 0.1) is 5.41 Å². The van der Waals surface area contributed by atoms with E-state index in [1.165, 1.54) is 0 Å². The summed E-state index contributed by atoms with van der Waals surface area (Å²) in [6, 6.07) is 5.85. The van der Waals surface area contributed by atoms with Gasteiger partial charge in [-0.2, -0.15) is 0 Å². The Bertz CT molecular complexity index is 844. The van der Waals surface area contributed by atoms with E-state index in [0.717, 1.165) is 67.7 Å². The number of fused-ring (bicyclic) bond motifs is 1. The van der Waals surface area contributed by atoms with E-state index in [0.29, 0.717) is 19.4 Å². The molecular weight excluding hydrogens is 380 g/mol. The number of hydrogen-bond acceptors (Lipinski definition) is 4. The number of amides is 2. The molecule has 6 heteroatoms. The molecule has 0 spiro atoms. The predicted octanol–water partition coefficient (Wildman–Crippen LogP) is 3.94. The molecule has 2 fully saturated rings. The van der Waals surface area contributed by atoms with Crippen molar-refractivity contribution >= 4 is 11.8 Å². The van der Waals surface area contributed by atoms with Gasteiger partial charge in [0.15, 0.2) is 0 Å². The number of rotatable bonds is 6. The monoisotopic (exact) mass is 412 g/mol. The van der Waals surface area contributed by atoms with Crippen LogP contribution >= 0.6 is 0 Å². The van der Waals surface area contributed by atoms with Gasteiger partial charge < -0.3 is 19.7 Å². The molecule has 162 valence electrons. The minimum atomic E-state index is -0.596. The molecule has 30 heavy (non-hydrogen) atoms. The highest BCUT2D eigenvalue weighted by molar-refractivity contribution is 5.91. The van der Waals surface area contributed by atoms with Crippen molar-refractivity contribution in [1.29, 1.82) is 0 Å². The highest BCUT2D eigenvalue weighted by Crippen LogP contribution is 2.49. The first-order chi connectivity index (χ1) is 14.6. The first-order valence-corrected chi connectivity index (χ1v) is 11.1. The number of methoxy groups -OCH3 is 2. The first-order valence-electron chi connectivity index (χ1n) is 11.1. The van der Waals surface area contributed by atoms with Crippen molar-refractivity contribution in [3.63, 3.8) is 0 Å². The molecule has 1 heterocycles. The summed E-state index contributed by atoms with van der Waals surface area (Å²) in [5.41, 5.74) is 1.25. The summed E-state index contributed by atoms with van der Waals surface area (Å²) in [4.78, 5) is 28.4. The van der Waals surface area contributed by atoms with E-state index in [2.05, 4.69) is 11.4 Å². The van der Waals surface area contributed by atoms with Crippen LogP contribution in [0.1, 0.15) is 63.4 Å². The van der Waals surface area contributed by atoms with E-state index in [1.807, 2.05) is 23.1 Å². The zero-order valence-corrected chi connectivity index (χ0v) is 18.0. The topological polar surface area (TPSA) is 67.9 Å². The van der Waals surface area contributed by atoms with Crippen LogP contribution in [0.3, 0.4) is 0 Å². The van der Waals surface area contributed by atoms with Gasteiger partial charge in [-0.3, -0.25) is 9.59 Å². The normalized spacial score (nSPS) is 24.3. The van der Waals surface area contributed by atoms with E-state index in [1.54, 1.807) is 14.2 Å². The van der Waals surface area contributed by atoms with Crippen LogP contribution in [0.25, 0.3) is 0 Å². The molecule has 1 N–H and O–H groups in total. The van der Waals surface area contributed by atoms with Crippen molar-refractivity contribution in [2.75, 3.05) is 14.2 Å². The molecule has 1 atom stereocenters. The van der Waals surface area contributed by atoms with Crippen molar-refractivity contribution in [1.82, 2.24) is 10.2 Å². The summed E-state index contributed by atoms with van der Waals surface area (Å²) in [7, 11) is 3.25. The molecule has 0 aromatic heterocycles. The van der Waals surface area contributed by atoms with Crippen LogP contribution in [0.15, 0.2) is 30.0 Å². The Morgan fingerprint density at radius 3 is 2.70 bits per heavy atom. The lowest BCUT2D eigenvalue weighted by Gasteiger charge is -2.48. The fraction of sp³-hybridized carbons (Fsp3) is 0.583. The van der Waals surface area contributed by atoms with Crippen LogP contribution in [0.4, 0.5) is 0 Å². The second-order valence-electron chi connectivity index (χ2n) is 8.63. The Hall–Kier alpha value is -2.50. The number of hydrogen-bond donors (Lipinski definition) is 1. The maximum Gasteiger partial charge on any atom is 0.232 e. The summed E-state index contributed by atoms with van der Waals surface area (Å²) >= 11 is 0. The molecule has 0 radical (unpaired) electrons. The Balaban J connectivity index is 1.57. The number of piperidine rings is 1. The first kappa shape index (κ1) is 20.8. The van der Waals surface area contributed by atoms with Gasteiger partial charge in [-0.25, -0.2) is 0 Å². The quantitative estimate of drug-likeness (QED) is 0.769. The van der Waals surface area contributed by atoms with Gasteiger partial charge in [0, 0.05) is 30.3 Å². The van der Waals surface area contributed by atoms with Crippen molar-refractivity contribution in [3.8, 4) is 11.5 Å². The molecule has 1 unspecified atom stereocenters. The third kappa shape index (κ3) is 3.68. The molecule has 0 bridgehead atoms. The lowest BCUT2D eigenvalue weighted by atomic mass is 9.68. The van der Waals surface area contributed by atoms with Crippen molar-refractivity contribution < 1.29 is 19.1 Å². The average molecular weight is 413 g/mol. The van der Waals surface area contributed by atoms with Gasteiger partial charge in [0.05, 0.1) is 19.6 Å². The van der Waals surface area contributed by atoms with E-state index >= 15 is 0 Å². The smallest absolute Gasteiger partial charge is 0.232 e. The molecule has 1 aromatic carbocycles. The number of nitrogens with one attached hydrogen (secondary N) is 1. The Morgan fingerprint density at radius 2 is 1.97 bits per heavy atom. The minimum absolute atomic E-state index is 0.0221. The fourth-order valence-electron chi connectivity index (χ4n) is 5.39. The number of likely N-dealkylation sites (tertiary alicyclic amines) is 1. The fourth-order valence-corrected chi connectivity index (χ4v) is 5.39. The van der Waals surface area contributed by atoms with Gasteiger partial charge in [-0.05, 0) is 56.7 Å². The molecule has 1 aromatic rings. The van der Waals surface area contributed by atoms with Gasteiger partial charge in [0.2, 0.25) is 11.8 Å². The number of carbonyl (C=O) groups is 2. The summed E-state index contributed by atoms with van der Waals surface area (Å²) in [5, 5.41) is 3.16. The number of allylic oxidation sites excluding steroid dienone is 1. The molecule has 1 saturated heterocycles. The van der Waals surface area contributed by atoms with Crippen LogP contribution in [0.2, 0.25) is 0 Å². The SMILES string of the molecule is COc1ccc(OC)c(CNC(=O)C23CCCC=C2N(C2CCCC2)C(=O)CC3)c1. The molecule has 2 aliphatic carbocycles. The van der Waals surface area contributed by atoms with Crippen LogP contribution < -0.4 is 14.8 Å². The largest absolute Gasteiger partial charge is 0.497 e. The minimum Gasteiger partial charge on any atom is -0.497 e. The van der Waals surface area contributed by atoms with Crippen LogP contribution in [-0.4, -0.2) is 37.0 Å². The second kappa shape index (κ2) is 8.70. The summed E-state index contributed by atoms with van der Waals surface area (Å²) < 4.78 is 10.8. The van der Waals surface area contributed by atoms with Gasteiger partial charge in [0.25, 0.3) is 0 Å². The summed E-state index contributed by atoms with van der Waals surface area (Å²) in [6.07, 6.45) is 10.3. The van der Waals surface area contributed by atoms with Gasteiger partial charge in [-0.15, -0.1) is 0 Å². The number of carbonyl (C=O) groups excluding carboxylic acids is 2. The van der Waals surface area contributed by atoms with E-state index < -0.39 is 5.41 Å². The van der Waals surface area contributed by atoms with Crippen molar-refractivity contribution in [2.24, 2.45) is 5.41 Å². The Morgan fingerprint density at radius 1 is 1.17 bits per heavy atom. The van der Waals surface area contributed by atoms with Crippen LogP contribution in [0.5, 0.6) is 11.5 Å². The molecule has 2 amide bonds. The molecule has 4 rings (SSSR count). The lowest BCUT2D eigenvalue weighted by molar-refractivity contribution is -0.142. The molecule has 1 aliphatic heterocycles.